The Bertz CT molecular complexity index is 2760. The number of carbonyl (C=O) groups is 7. The number of carboxylic acid groups (broad SMARTS) is 7. The zero-order chi connectivity index (χ0) is 77.0. The Hall–Kier alpha value is -4.11. The molecule has 21 fully saturated rings. The summed E-state index contributed by atoms with van der Waals surface area (Å²) >= 11 is 0. The zero-order valence-corrected chi connectivity index (χ0v) is 57.4. The summed E-state index contributed by atoms with van der Waals surface area (Å²) in [5.74, 6) is -12.0. The summed E-state index contributed by atoms with van der Waals surface area (Å²) in [6.07, 6.45) is -78.9. The molecule has 106 heavy (non-hydrogen) atoms. The molecule has 0 saturated carbocycles. The minimum absolute atomic E-state index is 0. The van der Waals surface area contributed by atoms with Gasteiger partial charge in [0.15, 0.2) is 44.0 Å². The minimum atomic E-state index is -2.49. The van der Waals surface area contributed by atoms with E-state index < -0.39 is 349 Å². The fraction of sp³-hybridized carbons (Fsp3) is 0.875. The van der Waals surface area contributed by atoms with Gasteiger partial charge < -0.3 is 212 Å². The number of hydrogen-bond donors (Lipinski definition) is 20. The van der Waals surface area contributed by atoms with E-state index in [-0.39, 0.29) is 29.6 Å². The molecular formula is C56H83NaO49. The minimum Gasteiger partial charge on any atom is -0.548 e. The molecule has 21 rings (SSSR count). The maximum atomic E-state index is 12.1. The zero-order valence-electron chi connectivity index (χ0n) is 55.4. The van der Waals surface area contributed by atoms with Crippen LogP contribution >= 0.6 is 0 Å². The number of hydrogen-bond acceptors (Lipinski definition) is 43. The van der Waals surface area contributed by atoms with Crippen molar-refractivity contribution in [1.29, 1.82) is 0 Å². The van der Waals surface area contributed by atoms with Crippen molar-refractivity contribution in [3.05, 3.63) is 0 Å². The van der Waals surface area contributed by atoms with Gasteiger partial charge in [0.25, 0.3) is 0 Å². The summed E-state index contributed by atoms with van der Waals surface area (Å²) in [5.41, 5.74) is 0. The Labute approximate surface area is 616 Å². The molecule has 0 aromatic carbocycles. The third-order valence-electron chi connectivity index (χ3n) is 17.3. The van der Waals surface area contributed by atoms with Crippen LogP contribution in [0.5, 0.6) is 0 Å². The van der Waals surface area contributed by atoms with Crippen LogP contribution in [0.25, 0.3) is 0 Å². The van der Waals surface area contributed by atoms with Crippen molar-refractivity contribution in [2.24, 2.45) is 0 Å². The Morgan fingerprint density at radius 2 is 0.443 bits per heavy atom. The van der Waals surface area contributed by atoms with Gasteiger partial charge >= 0.3 is 65.4 Å². The fourth-order valence-corrected chi connectivity index (χ4v) is 12.5. The van der Waals surface area contributed by atoms with Crippen molar-refractivity contribution in [2.75, 3.05) is 92.5 Å². The predicted octanol–water partition coefficient (Wildman–Crippen LogP) is -18.8. The monoisotopic (exact) mass is 1560 g/mol. The van der Waals surface area contributed by atoms with Gasteiger partial charge in [0.1, 0.15) is 211 Å². The number of aliphatic carboxylic acids is 7. The van der Waals surface area contributed by atoms with Gasteiger partial charge in [0.2, 0.25) is 0 Å². The van der Waals surface area contributed by atoms with Crippen LogP contribution in [-0.4, -0.2) is 451 Å². The van der Waals surface area contributed by atoms with Crippen molar-refractivity contribution >= 4 is 41.8 Å². The molecule has 21 heterocycles. The van der Waals surface area contributed by atoms with Crippen molar-refractivity contribution < 1.29 is 270 Å². The Morgan fingerprint density at radius 3 is 0.642 bits per heavy atom. The molecule has 14 bridgehead atoms. The molecule has 20 N–H and O–H groups in total. The molecule has 49 nitrogen and oxygen atoms in total. The quantitative estimate of drug-likeness (QED) is 0.0324. The number of aliphatic hydroxyl groups is 14. The van der Waals surface area contributed by atoms with Gasteiger partial charge in [-0.25, -0.2) is 28.8 Å². The number of carbonyl (C=O) groups excluding carboxylic acids is 1. The van der Waals surface area contributed by atoms with Crippen LogP contribution in [0.15, 0.2) is 0 Å². The second kappa shape index (κ2) is 40.9. The summed E-state index contributed by atoms with van der Waals surface area (Å²) in [6, 6.07) is 0. The molecule has 1 unspecified atom stereocenters. The number of ether oxygens (including phenoxy) is 21. The van der Waals surface area contributed by atoms with Gasteiger partial charge in [-0.15, -0.1) is 0 Å². The van der Waals surface area contributed by atoms with E-state index in [1.54, 1.807) is 0 Å². The topological polar surface area (TPSA) is 741 Å². The normalized spacial score (nSPS) is 43.1. The number of carboxylic acids is 7. The van der Waals surface area contributed by atoms with Gasteiger partial charge in [0, 0.05) is 0 Å². The SMILES string of the molecule is O=C([O-])COC[C@H]1O[C@@H]2O[C@H]3[C@H](O)[C@@H](O)[C@@H](O[C@H]4[C@H](OCC(=O)O)[C@@H](O)[C@@H](O[C@H]5[C@H](OCC(=O)O)[C@@H](O)[C@@H](O[C@H]6[C@H](OCC(=O)O)[C@@H](O)[C@@H](O[C@H]7[C@H](OCC(=O)O)[C@@H](O)[C@@H](O[C@H]8[C@H](O)[C@@H](O)[C@@H](O[C@H]1[C@H](O)C2O)O[C@@H]8COCC(=O)O)O[C@@H]7CO)O[C@@H]6CO)O[C@@H]5CO)O[C@@H]4CO)O[C@@H]3COCC(=O)O.[Na+]. The van der Waals surface area contributed by atoms with Crippen molar-refractivity contribution in [1.82, 2.24) is 0 Å². The number of rotatable bonds is 28. The third-order valence-corrected chi connectivity index (χ3v) is 17.3. The summed E-state index contributed by atoms with van der Waals surface area (Å²) in [6.45, 7) is -17.0. The number of aliphatic hydroxyl groups excluding tert-OH is 14. The van der Waals surface area contributed by atoms with Crippen molar-refractivity contribution in [3.63, 3.8) is 0 Å². The summed E-state index contributed by atoms with van der Waals surface area (Å²) in [4.78, 5) is 83.4. The summed E-state index contributed by atoms with van der Waals surface area (Å²) in [5, 5.41) is 233. The second-order valence-corrected chi connectivity index (χ2v) is 24.5. The molecule has 21 aliphatic rings. The van der Waals surface area contributed by atoms with E-state index in [0.717, 1.165) is 0 Å². The summed E-state index contributed by atoms with van der Waals surface area (Å²) < 4.78 is 121. The van der Waals surface area contributed by atoms with Gasteiger partial charge in [-0.3, -0.25) is 0 Å². The van der Waals surface area contributed by atoms with E-state index in [0.29, 0.717) is 0 Å². The smallest absolute Gasteiger partial charge is 0.548 e. The first-order chi connectivity index (χ1) is 49.8. The molecule has 0 radical (unpaired) electrons. The Balaban J connectivity index is 0.0000157. The van der Waals surface area contributed by atoms with E-state index in [1.807, 2.05) is 0 Å². The van der Waals surface area contributed by atoms with Gasteiger partial charge in [-0.1, -0.05) is 0 Å². The molecule has 0 amide bonds. The molecule has 0 spiro atoms. The standard InChI is InChI=1S/C56H84O49.Na/c57-1-15-42-47(89-12-26(69)70)36(82)54(93-15)104-44-17(3-59)95-56(38(84)49(44)91-14-28(73)74)105-45-18(4-60)94-55(37(83)48(45)90-13-27(71)72)103-43-16(2-58)92-53(35(81)46(43)88-11-25(67)68)101-41-21(7-87-10-24(65)66)97-51(33(79)30(41)76)99-39-19(5-85-8-22(61)62)96-50(32(78)29(39)75)100-40-20(6-86-9-23(63)64)98-52(102-42)34(80)31(40)77;/h15-21,29-60,75-84H,1-14H2,(H,61,62)(H,63,64)(H,65,66)(H,67,68)(H,69,70)(H,71,72)(H,73,74);/q;+1/p-1/t15-,16-,17-,18-,19-,20-,21-,29-,30-,31-,32?,33-,34-,35-,36-,37-,38-,39-,40-,41-,42-,43-,44-,45-,46-,47-,48-,49-,50-,51-,52-,53-,54-,55-,56-;/m1./s1. The Kier molecular flexibility index (Phi) is 34.4. The van der Waals surface area contributed by atoms with E-state index in [2.05, 4.69) is 0 Å². The maximum absolute atomic E-state index is 12.1. The summed E-state index contributed by atoms with van der Waals surface area (Å²) in [7, 11) is 0. The maximum Gasteiger partial charge on any atom is 1.00 e. The van der Waals surface area contributed by atoms with Crippen LogP contribution in [0.3, 0.4) is 0 Å². The first-order valence-electron chi connectivity index (χ1n) is 31.9. The first-order valence-corrected chi connectivity index (χ1v) is 31.9. The van der Waals surface area contributed by atoms with E-state index in [1.165, 1.54) is 0 Å². The fourth-order valence-electron chi connectivity index (χ4n) is 12.5. The molecule has 0 aromatic rings. The molecule has 21 aliphatic heterocycles. The van der Waals surface area contributed by atoms with Gasteiger partial charge in [-0.2, -0.15) is 0 Å². The van der Waals surface area contributed by atoms with Crippen LogP contribution in [-0.2, 0) is 133 Å². The van der Waals surface area contributed by atoms with Crippen molar-refractivity contribution in [3.8, 4) is 0 Å². The molecule has 35 atom stereocenters. The average Bonchev–Trinajstić information content (AvgIpc) is 0.776. The molecule has 602 valence electrons. The van der Waals surface area contributed by atoms with Crippen molar-refractivity contribution in [2.45, 2.75) is 215 Å². The van der Waals surface area contributed by atoms with Crippen LogP contribution < -0.4 is 34.7 Å². The second-order valence-electron chi connectivity index (χ2n) is 24.5. The largest absolute Gasteiger partial charge is 1.00 e. The van der Waals surface area contributed by atoms with Crippen LogP contribution in [0.4, 0.5) is 0 Å². The van der Waals surface area contributed by atoms with E-state index in [4.69, 9.17) is 99.5 Å². The van der Waals surface area contributed by atoms with Crippen LogP contribution in [0, 0.1) is 0 Å². The van der Waals surface area contributed by atoms with Crippen LogP contribution in [0.1, 0.15) is 0 Å². The van der Waals surface area contributed by atoms with E-state index >= 15 is 0 Å². The Morgan fingerprint density at radius 1 is 0.255 bits per heavy atom. The molecule has 0 aromatic heterocycles. The first kappa shape index (κ1) is 89.1. The van der Waals surface area contributed by atoms with Gasteiger partial charge in [-0.05, 0) is 0 Å². The van der Waals surface area contributed by atoms with Crippen LogP contribution in [0.2, 0.25) is 0 Å². The predicted molar refractivity (Wildman–Crippen MR) is 305 cm³/mol. The molecular weight excluding hydrogens is 1480 g/mol. The molecule has 21 saturated heterocycles. The third kappa shape index (κ3) is 22.2. The molecule has 50 heteroatoms. The van der Waals surface area contributed by atoms with E-state index in [9.17, 15) is 141 Å². The van der Waals surface area contributed by atoms with Gasteiger partial charge in [0.05, 0.1) is 58.8 Å². The molecule has 0 aliphatic carbocycles. The average molecular weight is 1560 g/mol.